The van der Waals surface area contributed by atoms with Crippen molar-refractivity contribution in [2.45, 2.75) is 65.2 Å². The van der Waals surface area contributed by atoms with Crippen molar-refractivity contribution < 1.29 is 10.2 Å². The van der Waals surface area contributed by atoms with E-state index in [1.54, 1.807) is 0 Å². The molecular weight excluding hydrogens is 444 g/mol. The summed E-state index contributed by atoms with van der Waals surface area (Å²) in [5.41, 5.74) is 3.92. The number of benzene rings is 1. The van der Waals surface area contributed by atoms with Crippen LogP contribution >= 0.6 is 31.9 Å². The number of unbranched alkanes of at least 4 members (excludes halogenated alkanes) is 2. The van der Waals surface area contributed by atoms with Crippen LogP contribution in [0.15, 0.2) is 32.7 Å². The molecule has 138 valence electrons. The van der Waals surface area contributed by atoms with Crippen LogP contribution in [0.1, 0.15) is 69.9 Å². The molecule has 1 aliphatic carbocycles. The lowest BCUT2D eigenvalue weighted by Gasteiger charge is -2.32. The maximum absolute atomic E-state index is 10.9. The van der Waals surface area contributed by atoms with E-state index in [0.717, 1.165) is 49.7 Å². The first-order valence-electron chi connectivity index (χ1n) is 9.03. The molecule has 2 nitrogen and oxygen atoms in total. The van der Waals surface area contributed by atoms with E-state index in [9.17, 15) is 10.2 Å². The highest BCUT2D eigenvalue weighted by molar-refractivity contribution is 9.11. The quantitative estimate of drug-likeness (QED) is 0.335. The van der Waals surface area contributed by atoms with Crippen molar-refractivity contribution in [3.63, 3.8) is 0 Å². The first-order valence-corrected chi connectivity index (χ1v) is 10.6. The molecule has 0 radical (unpaired) electrons. The number of rotatable bonds is 6. The fourth-order valence-corrected chi connectivity index (χ4v) is 5.21. The van der Waals surface area contributed by atoms with Crippen LogP contribution in [-0.2, 0) is 6.42 Å². The molecule has 0 saturated carbocycles. The molecule has 1 aliphatic rings. The molecule has 25 heavy (non-hydrogen) atoms. The van der Waals surface area contributed by atoms with Gasteiger partial charge in [0.1, 0.15) is 11.5 Å². The van der Waals surface area contributed by atoms with Crippen molar-refractivity contribution in [1.82, 2.24) is 0 Å². The number of aromatic hydroxyl groups is 2. The molecule has 2 rings (SSSR count). The first kappa shape index (κ1) is 20.6. The molecule has 2 atom stereocenters. The minimum Gasteiger partial charge on any atom is -0.506 e. The molecule has 2 N–H and O–H groups in total. The van der Waals surface area contributed by atoms with Crippen molar-refractivity contribution >= 4 is 31.9 Å². The summed E-state index contributed by atoms with van der Waals surface area (Å²) in [6.45, 7) is 10.4. The maximum atomic E-state index is 10.9. The van der Waals surface area contributed by atoms with Crippen molar-refractivity contribution in [2.75, 3.05) is 0 Å². The van der Waals surface area contributed by atoms with E-state index in [2.05, 4.69) is 58.4 Å². The summed E-state index contributed by atoms with van der Waals surface area (Å²) in [6, 6.07) is 0. The molecule has 0 saturated heterocycles. The molecular formula is C21H28Br2O2. The van der Waals surface area contributed by atoms with Crippen LogP contribution in [0.25, 0.3) is 0 Å². The topological polar surface area (TPSA) is 40.5 Å². The van der Waals surface area contributed by atoms with E-state index in [4.69, 9.17) is 0 Å². The molecule has 0 aliphatic heterocycles. The van der Waals surface area contributed by atoms with Crippen molar-refractivity contribution in [1.29, 1.82) is 0 Å². The van der Waals surface area contributed by atoms with Crippen molar-refractivity contribution in [3.8, 4) is 11.5 Å². The Kier molecular flexibility index (Phi) is 7.21. The van der Waals surface area contributed by atoms with Gasteiger partial charge in [0.2, 0.25) is 0 Å². The van der Waals surface area contributed by atoms with Gasteiger partial charge in [-0.05, 0) is 82.9 Å². The highest BCUT2D eigenvalue weighted by atomic mass is 79.9. The Morgan fingerprint density at radius 3 is 2.32 bits per heavy atom. The van der Waals surface area contributed by atoms with Gasteiger partial charge >= 0.3 is 0 Å². The minimum atomic E-state index is -0.0523. The number of hydrogen-bond acceptors (Lipinski definition) is 2. The van der Waals surface area contributed by atoms with Crippen LogP contribution in [0, 0.1) is 5.92 Å². The lowest BCUT2D eigenvalue weighted by atomic mass is 9.73. The first-order chi connectivity index (χ1) is 11.8. The summed E-state index contributed by atoms with van der Waals surface area (Å²) in [4.78, 5) is 0. The number of phenolic OH excluding ortho intramolecular Hbond substituents is 2. The van der Waals surface area contributed by atoms with Crippen LogP contribution in [-0.4, -0.2) is 10.2 Å². The van der Waals surface area contributed by atoms with E-state index >= 15 is 0 Å². The molecule has 0 spiro atoms. The molecule has 0 fully saturated rings. The molecule has 0 amide bonds. The summed E-state index contributed by atoms with van der Waals surface area (Å²) in [5, 5.41) is 21.8. The van der Waals surface area contributed by atoms with Gasteiger partial charge < -0.3 is 10.2 Å². The molecule has 4 heteroatoms. The average molecular weight is 472 g/mol. The predicted molar refractivity (Wildman–Crippen MR) is 112 cm³/mol. The molecule has 0 heterocycles. The van der Waals surface area contributed by atoms with Gasteiger partial charge in [-0.15, -0.1) is 0 Å². The summed E-state index contributed by atoms with van der Waals surface area (Å²) >= 11 is 7.15. The SMILES string of the molecule is C=C(C)[C@@H]1CCC(C)=CC1c1c(O)c(Br)c(CCCCC)c(Br)c1O. The molecule has 1 unspecified atom stereocenters. The third-order valence-electron chi connectivity index (χ3n) is 5.20. The highest BCUT2D eigenvalue weighted by Gasteiger charge is 2.32. The van der Waals surface area contributed by atoms with E-state index in [-0.39, 0.29) is 23.3 Å². The molecule has 1 aromatic rings. The lowest BCUT2D eigenvalue weighted by Crippen LogP contribution is -2.17. The van der Waals surface area contributed by atoms with Gasteiger partial charge in [-0.25, -0.2) is 0 Å². The Bertz CT molecular complexity index is 663. The van der Waals surface area contributed by atoms with Crippen LogP contribution in [0.4, 0.5) is 0 Å². The van der Waals surface area contributed by atoms with Gasteiger partial charge in [0, 0.05) is 11.5 Å². The number of hydrogen-bond donors (Lipinski definition) is 2. The van der Waals surface area contributed by atoms with E-state index in [0.29, 0.717) is 14.5 Å². The Morgan fingerprint density at radius 2 is 1.80 bits per heavy atom. The van der Waals surface area contributed by atoms with Crippen LogP contribution in [0.2, 0.25) is 0 Å². The van der Waals surface area contributed by atoms with E-state index in [1.807, 2.05) is 6.92 Å². The largest absolute Gasteiger partial charge is 0.506 e. The Labute approximate surface area is 168 Å². The summed E-state index contributed by atoms with van der Waals surface area (Å²) in [7, 11) is 0. The fourth-order valence-electron chi connectivity index (χ4n) is 3.72. The molecule has 0 bridgehead atoms. The van der Waals surface area contributed by atoms with Crippen LogP contribution in [0.5, 0.6) is 11.5 Å². The smallest absolute Gasteiger partial charge is 0.137 e. The maximum Gasteiger partial charge on any atom is 0.137 e. The number of halogens is 2. The normalized spacial score (nSPS) is 20.4. The van der Waals surface area contributed by atoms with Gasteiger partial charge in [-0.1, -0.05) is 43.6 Å². The fraction of sp³-hybridized carbons (Fsp3) is 0.524. The van der Waals surface area contributed by atoms with Crippen LogP contribution < -0.4 is 0 Å². The van der Waals surface area contributed by atoms with E-state index in [1.165, 1.54) is 5.57 Å². The summed E-state index contributed by atoms with van der Waals surface area (Å²) < 4.78 is 1.39. The Hall–Kier alpha value is -0.740. The number of allylic oxidation sites excluding steroid dienone is 3. The van der Waals surface area contributed by atoms with Gasteiger partial charge in [-0.3, -0.25) is 0 Å². The minimum absolute atomic E-state index is 0.0523. The predicted octanol–water partition coefficient (Wildman–Crippen LogP) is 7.37. The summed E-state index contributed by atoms with van der Waals surface area (Å²) in [6.07, 6.45) is 8.32. The number of phenols is 2. The third kappa shape index (κ3) is 4.33. The van der Waals surface area contributed by atoms with Gasteiger partial charge in [-0.2, -0.15) is 0 Å². The van der Waals surface area contributed by atoms with Crippen LogP contribution in [0.3, 0.4) is 0 Å². The third-order valence-corrected chi connectivity index (χ3v) is 6.91. The highest BCUT2D eigenvalue weighted by Crippen LogP contribution is 2.52. The van der Waals surface area contributed by atoms with Crippen molar-refractivity contribution in [3.05, 3.63) is 43.9 Å². The Balaban J connectivity index is 2.54. The zero-order valence-corrected chi connectivity index (χ0v) is 18.5. The monoisotopic (exact) mass is 470 g/mol. The second-order valence-corrected chi connectivity index (χ2v) is 8.79. The average Bonchev–Trinajstić information content (AvgIpc) is 2.56. The zero-order valence-electron chi connectivity index (χ0n) is 15.3. The van der Waals surface area contributed by atoms with Crippen molar-refractivity contribution in [2.24, 2.45) is 5.92 Å². The second kappa shape index (κ2) is 8.77. The van der Waals surface area contributed by atoms with Gasteiger partial charge in [0.05, 0.1) is 8.95 Å². The Morgan fingerprint density at radius 1 is 1.20 bits per heavy atom. The zero-order chi connectivity index (χ0) is 18.7. The van der Waals surface area contributed by atoms with Gasteiger partial charge in [0.15, 0.2) is 0 Å². The second-order valence-electron chi connectivity index (χ2n) is 7.20. The molecule has 0 aromatic heterocycles. The molecule has 1 aromatic carbocycles. The van der Waals surface area contributed by atoms with Gasteiger partial charge in [0.25, 0.3) is 0 Å². The standard InChI is InChI=1S/C21H28Br2O2/c1-5-6-7-8-15-18(22)20(24)17(21(25)19(15)23)16-11-13(4)9-10-14(16)12(2)3/h11,14,16,24-25H,2,5-10H2,1,3-4H3/t14-,16?/m0/s1. The van der Waals surface area contributed by atoms with E-state index < -0.39 is 0 Å². The summed E-state index contributed by atoms with van der Waals surface area (Å²) in [5.74, 6) is 0.498. The lowest BCUT2D eigenvalue weighted by molar-refractivity contribution is 0.402.